The highest BCUT2D eigenvalue weighted by molar-refractivity contribution is 5.79. The van der Waals surface area contributed by atoms with Crippen LogP contribution in [-0.4, -0.2) is 28.0 Å². The summed E-state index contributed by atoms with van der Waals surface area (Å²) in [6.45, 7) is 2.95. The number of pyridine rings is 1. The van der Waals surface area contributed by atoms with Gasteiger partial charge < -0.3 is 4.98 Å². The van der Waals surface area contributed by atoms with Crippen molar-refractivity contribution in [2.24, 2.45) is 0 Å². The zero-order chi connectivity index (χ0) is 17.8. The highest BCUT2D eigenvalue weighted by Gasteiger charge is 2.13. The first-order chi connectivity index (χ1) is 12.8. The van der Waals surface area contributed by atoms with Crippen molar-refractivity contribution in [2.75, 3.05) is 13.1 Å². The molecule has 2 aromatic heterocycles. The van der Waals surface area contributed by atoms with Gasteiger partial charge in [-0.25, -0.2) is 4.98 Å². The molecular weight excluding hydrogens is 320 g/mol. The van der Waals surface area contributed by atoms with Crippen LogP contribution in [0, 0.1) is 11.3 Å². The van der Waals surface area contributed by atoms with E-state index in [1.165, 1.54) is 16.5 Å². The first-order valence-corrected chi connectivity index (χ1v) is 8.82. The lowest BCUT2D eigenvalue weighted by molar-refractivity contribution is 0.288. The van der Waals surface area contributed by atoms with Crippen molar-refractivity contribution in [2.45, 2.75) is 13.0 Å². The second-order valence-electron chi connectivity index (χ2n) is 6.54. The molecule has 128 valence electrons. The molecule has 3 aromatic rings. The third-order valence-corrected chi connectivity index (χ3v) is 4.79. The van der Waals surface area contributed by atoms with Crippen LogP contribution < -0.4 is 0 Å². The van der Waals surface area contributed by atoms with Crippen molar-refractivity contribution >= 4 is 17.1 Å². The Bertz CT molecular complexity index is 1000. The van der Waals surface area contributed by atoms with E-state index in [2.05, 4.69) is 51.4 Å². The number of nitrogens with one attached hydrogen (secondary N) is 1. The molecule has 3 heterocycles. The van der Waals surface area contributed by atoms with Gasteiger partial charge in [-0.05, 0) is 47.4 Å². The van der Waals surface area contributed by atoms with Gasteiger partial charge in [0.2, 0.25) is 0 Å². The van der Waals surface area contributed by atoms with Gasteiger partial charge >= 0.3 is 0 Å². The Kier molecular flexibility index (Phi) is 4.63. The smallest absolute Gasteiger partial charge is 0.137 e. The summed E-state index contributed by atoms with van der Waals surface area (Å²) in [4.78, 5) is 10.1. The van der Waals surface area contributed by atoms with Crippen molar-refractivity contribution in [1.82, 2.24) is 14.9 Å². The van der Waals surface area contributed by atoms with Gasteiger partial charge in [-0.15, -0.1) is 0 Å². The minimum absolute atomic E-state index is 0.696. The van der Waals surface area contributed by atoms with Crippen molar-refractivity contribution in [3.8, 4) is 6.07 Å². The van der Waals surface area contributed by atoms with Crippen LogP contribution in [0.15, 0.2) is 66.5 Å². The maximum atomic E-state index is 8.85. The third kappa shape index (κ3) is 3.58. The van der Waals surface area contributed by atoms with Gasteiger partial charge in [-0.1, -0.05) is 30.4 Å². The summed E-state index contributed by atoms with van der Waals surface area (Å²) in [6, 6.07) is 13.9. The molecule has 26 heavy (non-hydrogen) atoms. The predicted octanol–water partition coefficient (Wildman–Crippen LogP) is 4.28. The third-order valence-electron chi connectivity index (χ3n) is 4.79. The number of hydrogen-bond donors (Lipinski definition) is 1. The van der Waals surface area contributed by atoms with Crippen LogP contribution in [0.3, 0.4) is 0 Å². The van der Waals surface area contributed by atoms with E-state index in [-0.39, 0.29) is 0 Å². The summed E-state index contributed by atoms with van der Waals surface area (Å²) < 4.78 is 0. The monoisotopic (exact) mass is 340 g/mol. The van der Waals surface area contributed by atoms with Gasteiger partial charge in [0.1, 0.15) is 5.65 Å². The summed E-state index contributed by atoms with van der Waals surface area (Å²) in [5, 5.41) is 10.1. The van der Waals surface area contributed by atoms with E-state index < -0.39 is 0 Å². The molecule has 0 radical (unpaired) electrons. The fourth-order valence-corrected chi connectivity index (χ4v) is 3.28. The number of fused-ring (bicyclic) bond motifs is 1. The molecule has 1 N–H and O–H groups in total. The summed E-state index contributed by atoms with van der Waals surface area (Å²) in [5.74, 6) is 0. The maximum Gasteiger partial charge on any atom is 0.137 e. The fourth-order valence-electron chi connectivity index (χ4n) is 3.28. The van der Waals surface area contributed by atoms with Crippen LogP contribution in [0.5, 0.6) is 0 Å². The topological polar surface area (TPSA) is 55.7 Å². The average molecular weight is 340 g/mol. The summed E-state index contributed by atoms with van der Waals surface area (Å²) in [5.41, 5.74) is 5.45. The van der Waals surface area contributed by atoms with Gasteiger partial charge in [0, 0.05) is 37.4 Å². The summed E-state index contributed by atoms with van der Waals surface area (Å²) in [7, 11) is 0. The number of allylic oxidation sites excluding steroid dienone is 1. The van der Waals surface area contributed by atoms with Crippen molar-refractivity contribution in [3.05, 3.63) is 83.2 Å². The molecule has 4 rings (SSSR count). The number of hydrogen-bond acceptors (Lipinski definition) is 3. The van der Waals surface area contributed by atoms with E-state index in [1.54, 1.807) is 0 Å². The minimum atomic E-state index is 0.696. The molecule has 1 aliphatic heterocycles. The lowest BCUT2D eigenvalue weighted by Gasteiger charge is -2.25. The lowest BCUT2D eigenvalue weighted by atomic mass is 10.0. The molecule has 4 nitrogen and oxygen atoms in total. The van der Waals surface area contributed by atoms with Gasteiger partial charge in [0.05, 0.1) is 11.6 Å². The molecule has 4 heteroatoms. The van der Waals surface area contributed by atoms with Crippen molar-refractivity contribution < 1.29 is 0 Å². The quantitative estimate of drug-likeness (QED) is 0.771. The Labute approximate surface area is 153 Å². The van der Waals surface area contributed by atoms with Crippen molar-refractivity contribution in [1.29, 1.82) is 5.26 Å². The number of nitrogens with zero attached hydrogens (tertiary/aromatic N) is 3. The molecule has 0 saturated heterocycles. The molecule has 0 atom stereocenters. The minimum Gasteiger partial charge on any atom is -0.346 e. The largest absolute Gasteiger partial charge is 0.346 e. The van der Waals surface area contributed by atoms with Gasteiger partial charge in [-0.2, -0.15) is 5.26 Å². The Morgan fingerprint density at radius 1 is 1.19 bits per heavy atom. The molecule has 0 aliphatic carbocycles. The number of rotatable bonds is 4. The van der Waals surface area contributed by atoms with E-state index >= 15 is 0 Å². The second kappa shape index (κ2) is 7.38. The summed E-state index contributed by atoms with van der Waals surface area (Å²) >= 11 is 0. The van der Waals surface area contributed by atoms with E-state index in [1.807, 2.05) is 36.5 Å². The number of aromatic nitrogens is 2. The number of nitriles is 1. The molecule has 0 spiro atoms. The Morgan fingerprint density at radius 3 is 2.85 bits per heavy atom. The fraction of sp³-hybridized carbons (Fsp3) is 0.182. The SMILES string of the molecule is N#Cc1ccc(/C=C/C2=CCN(Cc3c[nH]c4ncccc34)CC2)cc1. The first-order valence-electron chi connectivity index (χ1n) is 8.82. The molecular formula is C22H20N4. The lowest BCUT2D eigenvalue weighted by Crippen LogP contribution is -2.27. The van der Waals surface area contributed by atoms with Gasteiger partial charge in [0.15, 0.2) is 0 Å². The molecule has 0 amide bonds. The highest BCUT2D eigenvalue weighted by atomic mass is 15.1. The number of benzene rings is 1. The van der Waals surface area contributed by atoms with Crippen LogP contribution in [-0.2, 0) is 6.54 Å². The Morgan fingerprint density at radius 2 is 2.08 bits per heavy atom. The predicted molar refractivity (Wildman–Crippen MR) is 104 cm³/mol. The van der Waals surface area contributed by atoms with E-state index in [4.69, 9.17) is 5.26 Å². The van der Waals surface area contributed by atoms with Crippen LogP contribution in [0.1, 0.15) is 23.1 Å². The number of aromatic amines is 1. The zero-order valence-corrected chi connectivity index (χ0v) is 14.5. The van der Waals surface area contributed by atoms with E-state index in [9.17, 15) is 0 Å². The van der Waals surface area contributed by atoms with Crippen LogP contribution in [0.4, 0.5) is 0 Å². The number of H-pyrrole nitrogens is 1. The molecule has 0 fully saturated rings. The van der Waals surface area contributed by atoms with Crippen LogP contribution >= 0.6 is 0 Å². The van der Waals surface area contributed by atoms with E-state index in [0.717, 1.165) is 37.3 Å². The zero-order valence-electron chi connectivity index (χ0n) is 14.5. The standard InChI is InChI=1S/C22H20N4/c23-14-19-7-5-17(6-8-19)3-4-18-9-12-26(13-10-18)16-20-15-25-22-21(20)2-1-11-24-22/h1-9,11,15H,10,12-13,16H2,(H,24,25)/b4-3+. The average Bonchev–Trinajstić information content (AvgIpc) is 3.11. The highest BCUT2D eigenvalue weighted by Crippen LogP contribution is 2.20. The van der Waals surface area contributed by atoms with Crippen LogP contribution in [0.25, 0.3) is 17.1 Å². The second-order valence-corrected chi connectivity index (χ2v) is 6.54. The molecule has 0 bridgehead atoms. The van der Waals surface area contributed by atoms with E-state index in [0.29, 0.717) is 5.56 Å². The molecule has 0 saturated carbocycles. The van der Waals surface area contributed by atoms with Gasteiger partial charge in [-0.3, -0.25) is 4.90 Å². The Hall–Kier alpha value is -3.16. The molecule has 0 unspecified atom stereocenters. The summed E-state index contributed by atoms with van der Waals surface area (Å²) in [6.07, 6.45) is 11.5. The maximum absolute atomic E-state index is 8.85. The molecule has 1 aromatic carbocycles. The normalized spacial score (nSPS) is 15.3. The first kappa shape index (κ1) is 16.3. The van der Waals surface area contributed by atoms with Gasteiger partial charge in [0.25, 0.3) is 0 Å². The van der Waals surface area contributed by atoms with Crippen molar-refractivity contribution in [3.63, 3.8) is 0 Å². The van der Waals surface area contributed by atoms with Crippen LogP contribution in [0.2, 0.25) is 0 Å². The molecule has 1 aliphatic rings. The Balaban J connectivity index is 1.38.